The van der Waals surface area contributed by atoms with Gasteiger partial charge in [0.1, 0.15) is 6.26 Å². The number of rotatable bonds is 6. The molecule has 1 aliphatic heterocycles. The molecule has 6 nitrogen and oxygen atoms in total. The molecule has 1 atom stereocenters. The number of fused-ring (bicyclic) bond motifs is 1. The van der Waals surface area contributed by atoms with Crippen LogP contribution in [-0.4, -0.2) is 29.4 Å². The number of hydrogen-bond donors (Lipinski definition) is 0. The topological polar surface area (TPSA) is 66.8 Å². The fraction of sp³-hybridized carbons (Fsp3) is 0.200. The maximum atomic E-state index is 12.7. The number of aromatic nitrogens is 1. The van der Waals surface area contributed by atoms with E-state index >= 15 is 0 Å². The molecule has 0 aliphatic carbocycles. The van der Waals surface area contributed by atoms with E-state index in [4.69, 9.17) is 14.2 Å². The molecule has 0 fully saturated rings. The quantitative estimate of drug-likeness (QED) is 0.324. The van der Waals surface area contributed by atoms with Gasteiger partial charge in [-0.25, -0.2) is 9.59 Å². The van der Waals surface area contributed by atoms with E-state index in [1.54, 1.807) is 31.5 Å². The van der Waals surface area contributed by atoms with Gasteiger partial charge in [-0.15, -0.1) is 0 Å². The number of carbonyl (C=O) groups is 2. The molecule has 1 aliphatic rings. The summed E-state index contributed by atoms with van der Waals surface area (Å²) in [5.41, 5.74) is 4.40. The Balaban J connectivity index is 1.70. The summed E-state index contributed by atoms with van der Waals surface area (Å²) < 4.78 is 17.8. The van der Waals surface area contributed by atoms with E-state index in [2.05, 4.69) is 18.2 Å². The van der Waals surface area contributed by atoms with E-state index < -0.39 is 18.2 Å². The van der Waals surface area contributed by atoms with Crippen LogP contribution in [0.1, 0.15) is 20.8 Å². The minimum absolute atomic E-state index is 0.192. The van der Waals surface area contributed by atoms with Crippen molar-refractivity contribution in [2.75, 3.05) is 6.61 Å². The molecule has 1 aromatic heterocycles. The smallest absolute Gasteiger partial charge is 0.358 e. The molecule has 158 valence electrons. The van der Waals surface area contributed by atoms with Crippen molar-refractivity contribution >= 4 is 28.5 Å². The molecule has 0 saturated carbocycles. The number of carbonyl (C=O) groups excluding carboxylic acids is 2. The van der Waals surface area contributed by atoms with Crippen LogP contribution in [0, 0.1) is 0 Å². The molecule has 31 heavy (non-hydrogen) atoms. The van der Waals surface area contributed by atoms with Crippen molar-refractivity contribution < 1.29 is 23.8 Å². The van der Waals surface area contributed by atoms with E-state index in [0.29, 0.717) is 11.1 Å². The molecule has 1 unspecified atom stereocenters. The van der Waals surface area contributed by atoms with Crippen molar-refractivity contribution in [1.29, 1.82) is 0 Å². The van der Waals surface area contributed by atoms with Crippen LogP contribution in [0.15, 0.2) is 78.2 Å². The van der Waals surface area contributed by atoms with Gasteiger partial charge in [-0.1, -0.05) is 36.4 Å². The van der Waals surface area contributed by atoms with Gasteiger partial charge in [0.05, 0.1) is 12.1 Å². The number of nitrogens with zero attached hydrogens (tertiary/aromatic N) is 1. The van der Waals surface area contributed by atoms with Gasteiger partial charge in [-0.2, -0.15) is 0 Å². The third kappa shape index (κ3) is 3.97. The maximum Gasteiger partial charge on any atom is 0.358 e. The molecule has 0 amide bonds. The fourth-order valence-corrected chi connectivity index (χ4v) is 3.44. The zero-order chi connectivity index (χ0) is 22.0. The molecular formula is C25H23NO5. The SMILES string of the molecule is CCOC(=O)/C(=C/OC1OC(=O)C(C)=C1C)n1ccc2cc(-c3ccccc3)ccc21. The average Bonchev–Trinajstić information content (AvgIpc) is 3.31. The summed E-state index contributed by atoms with van der Waals surface area (Å²) in [5.74, 6) is -0.955. The highest BCUT2D eigenvalue weighted by molar-refractivity contribution is 6.11. The summed E-state index contributed by atoms with van der Waals surface area (Å²) >= 11 is 0. The van der Waals surface area contributed by atoms with Crippen LogP contribution in [0.4, 0.5) is 0 Å². The van der Waals surface area contributed by atoms with Crippen LogP contribution >= 0.6 is 0 Å². The molecule has 0 spiro atoms. The Labute approximate surface area is 180 Å². The fourth-order valence-electron chi connectivity index (χ4n) is 3.44. The van der Waals surface area contributed by atoms with E-state index in [1.165, 1.54) is 6.26 Å². The number of benzene rings is 2. The summed E-state index contributed by atoms with van der Waals surface area (Å²) in [5, 5.41) is 0.968. The predicted molar refractivity (Wildman–Crippen MR) is 118 cm³/mol. The van der Waals surface area contributed by atoms with E-state index in [9.17, 15) is 9.59 Å². The molecule has 3 aromatic rings. The lowest BCUT2D eigenvalue weighted by Crippen LogP contribution is -2.16. The minimum Gasteiger partial charge on any atom is -0.461 e. The number of ether oxygens (including phenoxy) is 3. The molecule has 0 radical (unpaired) electrons. The molecule has 0 N–H and O–H groups in total. The molecule has 4 rings (SSSR count). The number of esters is 2. The lowest BCUT2D eigenvalue weighted by molar-refractivity contribution is -0.152. The van der Waals surface area contributed by atoms with Crippen LogP contribution in [0.25, 0.3) is 27.7 Å². The Kier molecular flexibility index (Phi) is 5.62. The molecule has 2 aromatic carbocycles. The summed E-state index contributed by atoms with van der Waals surface area (Å²) in [6, 6.07) is 18.0. The first kappa shape index (κ1) is 20.5. The number of cyclic esters (lactones) is 1. The summed E-state index contributed by atoms with van der Waals surface area (Å²) in [7, 11) is 0. The van der Waals surface area contributed by atoms with Crippen molar-refractivity contribution in [2.45, 2.75) is 27.1 Å². The Morgan fingerprint density at radius 2 is 1.87 bits per heavy atom. The first-order valence-corrected chi connectivity index (χ1v) is 10.1. The highest BCUT2D eigenvalue weighted by atomic mass is 16.7. The Morgan fingerprint density at radius 3 is 2.55 bits per heavy atom. The Morgan fingerprint density at radius 1 is 1.10 bits per heavy atom. The molecule has 6 heteroatoms. The van der Waals surface area contributed by atoms with Gasteiger partial charge >= 0.3 is 11.9 Å². The second-order valence-electron chi connectivity index (χ2n) is 7.23. The van der Waals surface area contributed by atoms with Gasteiger partial charge in [0, 0.05) is 22.7 Å². The molecular weight excluding hydrogens is 394 g/mol. The van der Waals surface area contributed by atoms with Crippen LogP contribution in [0.5, 0.6) is 0 Å². The predicted octanol–water partition coefficient (Wildman–Crippen LogP) is 4.91. The van der Waals surface area contributed by atoms with Crippen LogP contribution in [0.3, 0.4) is 0 Å². The molecule has 0 bridgehead atoms. The lowest BCUT2D eigenvalue weighted by atomic mass is 10.0. The largest absolute Gasteiger partial charge is 0.461 e. The Bertz CT molecular complexity index is 1200. The van der Waals surface area contributed by atoms with E-state index in [0.717, 1.165) is 22.0 Å². The Hall–Kier alpha value is -3.80. The van der Waals surface area contributed by atoms with Gasteiger partial charge in [0.25, 0.3) is 6.29 Å². The molecule has 0 saturated heterocycles. The van der Waals surface area contributed by atoms with Crippen molar-refractivity contribution in [3.8, 4) is 11.1 Å². The van der Waals surface area contributed by atoms with Gasteiger partial charge in [-0.05, 0) is 50.1 Å². The van der Waals surface area contributed by atoms with Gasteiger partial charge < -0.3 is 18.8 Å². The zero-order valence-corrected chi connectivity index (χ0v) is 17.6. The maximum absolute atomic E-state index is 12.7. The second kappa shape index (κ2) is 8.52. The first-order valence-electron chi connectivity index (χ1n) is 10.1. The third-order valence-corrected chi connectivity index (χ3v) is 5.31. The van der Waals surface area contributed by atoms with Crippen LogP contribution < -0.4 is 0 Å². The summed E-state index contributed by atoms with van der Waals surface area (Å²) in [6.07, 6.45) is 2.23. The standard InChI is InChI=1S/C25H23NO5/c1-4-29-24(28)22(15-30-25-17(3)16(2)23(27)31-25)26-13-12-20-14-19(10-11-21(20)26)18-8-6-5-7-9-18/h5-15,25H,4H2,1-3H3/b22-15-. The monoisotopic (exact) mass is 417 g/mol. The highest BCUT2D eigenvalue weighted by Crippen LogP contribution is 2.28. The van der Waals surface area contributed by atoms with Gasteiger partial charge in [0.15, 0.2) is 5.70 Å². The second-order valence-corrected chi connectivity index (χ2v) is 7.23. The normalized spacial score (nSPS) is 16.5. The van der Waals surface area contributed by atoms with Crippen molar-refractivity contribution in [3.05, 3.63) is 78.2 Å². The highest BCUT2D eigenvalue weighted by Gasteiger charge is 2.29. The van der Waals surface area contributed by atoms with E-state index in [-0.39, 0.29) is 12.3 Å². The van der Waals surface area contributed by atoms with Crippen molar-refractivity contribution in [1.82, 2.24) is 4.57 Å². The summed E-state index contributed by atoms with van der Waals surface area (Å²) in [6.45, 7) is 5.41. The minimum atomic E-state index is -0.858. The van der Waals surface area contributed by atoms with Gasteiger partial charge in [-0.3, -0.25) is 0 Å². The molecule has 2 heterocycles. The van der Waals surface area contributed by atoms with Crippen molar-refractivity contribution in [2.24, 2.45) is 0 Å². The average molecular weight is 417 g/mol. The first-order chi connectivity index (χ1) is 15.0. The van der Waals surface area contributed by atoms with Crippen molar-refractivity contribution in [3.63, 3.8) is 0 Å². The zero-order valence-electron chi connectivity index (χ0n) is 17.6. The number of hydrogen-bond acceptors (Lipinski definition) is 5. The van der Waals surface area contributed by atoms with E-state index in [1.807, 2.05) is 36.4 Å². The van der Waals surface area contributed by atoms with Crippen LogP contribution in [-0.2, 0) is 23.8 Å². The van der Waals surface area contributed by atoms with Gasteiger partial charge in [0.2, 0.25) is 0 Å². The summed E-state index contributed by atoms with van der Waals surface area (Å²) in [4.78, 5) is 24.4. The third-order valence-electron chi connectivity index (χ3n) is 5.31. The lowest BCUT2D eigenvalue weighted by Gasteiger charge is -2.14. The van der Waals surface area contributed by atoms with Crippen LogP contribution in [0.2, 0.25) is 0 Å².